The number of carbonyl (C=O) groups excluding carboxylic acids is 2. The van der Waals surface area contributed by atoms with Gasteiger partial charge < -0.3 is 14.8 Å². The van der Waals surface area contributed by atoms with Gasteiger partial charge in [0.15, 0.2) is 0 Å². The van der Waals surface area contributed by atoms with Crippen molar-refractivity contribution in [3.8, 4) is 5.75 Å². The molecule has 1 amide bonds. The van der Waals surface area contributed by atoms with E-state index in [0.717, 1.165) is 0 Å². The van der Waals surface area contributed by atoms with Crippen LogP contribution in [0.4, 0.5) is 16.2 Å². The van der Waals surface area contributed by atoms with Gasteiger partial charge in [-0.15, -0.1) is 0 Å². The summed E-state index contributed by atoms with van der Waals surface area (Å²) in [4.78, 5) is 32.5. The Morgan fingerprint density at radius 3 is 2.25 bits per heavy atom. The van der Waals surface area contributed by atoms with Gasteiger partial charge in [-0.25, -0.2) is 4.79 Å². The third-order valence-electron chi connectivity index (χ3n) is 2.88. The Morgan fingerprint density at radius 1 is 1.08 bits per heavy atom. The number of nitrogens with zero attached hydrogens (tertiary/aromatic N) is 1. The number of hydrogen-bond acceptors (Lipinski definition) is 6. The normalized spacial score (nSPS) is 9.88. The number of rotatable bonds is 5. The zero-order valence-electron chi connectivity index (χ0n) is 12.7. The minimum atomic E-state index is -0.921. The first kappa shape index (κ1) is 16.9. The van der Waals surface area contributed by atoms with E-state index in [1.807, 2.05) is 0 Å². The maximum Gasteiger partial charge on any atom is 0.514 e. The third kappa shape index (κ3) is 5.09. The maximum atomic E-state index is 11.6. The Balaban J connectivity index is 1.84. The molecule has 0 bridgehead atoms. The molecule has 0 radical (unpaired) electrons. The van der Waals surface area contributed by atoms with Crippen LogP contribution in [0, 0.1) is 10.1 Å². The zero-order valence-corrected chi connectivity index (χ0v) is 12.7. The van der Waals surface area contributed by atoms with Crippen LogP contribution >= 0.6 is 0 Å². The van der Waals surface area contributed by atoms with Gasteiger partial charge in [0.05, 0.1) is 4.92 Å². The molecule has 0 spiro atoms. The van der Waals surface area contributed by atoms with E-state index in [1.54, 1.807) is 24.3 Å². The molecule has 8 heteroatoms. The molecular weight excluding hydrogens is 316 g/mol. The zero-order chi connectivity index (χ0) is 17.5. The largest absolute Gasteiger partial charge is 0.514 e. The lowest BCUT2D eigenvalue weighted by Crippen LogP contribution is -2.10. The predicted octanol–water partition coefficient (Wildman–Crippen LogP) is 3.27. The van der Waals surface area contributed by atoms with Crippen LogP contribution in [0.25, 0.3) is 0 Å². The van der Waals surface area contributed by atoms with E-state index >= 15 is 0 Å². The first-order valence-electron chi connectivity index (χ1n) is 6.89. The Morgan fingerprint density at radius 2 is 1.71 bits per heavy atom. The second kappa shape index (κ2) is 7.73. The number of hydrogen-bond donors (Lipinski definition) is 1. The number of non-ortho nitro benzene ring substituents is 1. The van der Waals surface area contributed by atoms with E-state index < -0.39 is 11.1 Å². The quantitative estimate of drug-likeness (QED) is 0.390. The summed E-state index contributed by atoms with van der Waals surface area (Å²) in [7, 11) is 0. The molecule has 24 heavy (non-hydrogen) atoms. The number of nitrogens with one attached hydrogen (secondary N) is 1. The average molecular weight is 330 g/mol. The standard InChI is InChI=1S/C16H14N2O6/c1-11(19)17-13-4-2-12(3-5-13)10-23-16(20)24-15-8-6-14(7-9-15)18(21)22/h2-9H,10H2,1H3,(H,17,19). The van der Waals surface area contributed by atoms with Crippen LogP contribution in [0.3, 0.4) is 0 Å². The fourth-order valence-electron chi connectivity index (χ4n) is 1.79. The summed E-state index contributed by atoms with van der Waals surface area (Å²) < 4.78 is 9.85. The summed E-state index contributed by atoms with van der Waals surface area (Å²) in [6.07, 6.45) is -0.921. The molecule has 0 aromatic heterocycles. The Hall–Kier alpha value is -3.42. The number of benzene rings is 2. The molecule has 0 unspecified atom stereocenters. The maximum absolute atomic E-state index is 11.6. The topological polar surface area (TPSA) is 108 Å². The Kier molecular flexibility index (Phi) is 5.45. The van der Waals surface area contributed by atoms with E-state index in [-0.39, 0.29) is 24.0 Å². The van der Waals surface area contributed by atoms with Gasteiger partial charge in [0.1, 0.15) is 12.4 Å². The van der Waals surface area contributed by atoms with Gasteiger partial charge in [-0.3, -0.25) is 14.9 Å². The van der Waals surface area contributed by atoms with Crippen LogP contribution in [-0.4, -0.2) is 17.0 Å². The lowest BCUT2D eigenvalue weighted by molar-refractivity contribution is -0.384. The van der Waals surface area contributed by atoms with Crippen molar-refractivity contribution in [3.05, 3.63) is 64.2 Å². The van der Waals surface area contributed by atoms with Crippen LogP contribution in [0.15, 0.2) is 48.5 Å². The number of anilines is 1. The molecule has 2 rings (SSSR count). The first-order valence-corrected chi connectivity index (χ1v) is 6.89. The van der Waals surface area contributed by atoms with Crippen LogP contribution in [0.5, 0.6) is 5.75 Å². The molecule has 0 atom stereocenters. The van der Waals surface area contributed by atoms with E-state index in [1.165, 1.54) is 31.2 Å². The second-order valence-corrected chi connectivity index (χ2v) is 4.77. The average Bonchev–Trinajstić information content (AvgIpc) is 2.54. The van der Waals surface area contributed by atoms with Gasteiger partial charge in [0.2, 0.25) is 5.91 Å². The van der Waals surface area contributed by atoms with Crippen LogP contribution < -0.4 is 10.1 Å². The number of nitro benzene ring substituents is 1. The predicted molar refractivity (Wildman–Crippen MR) is 84.7 cm³/mol. The van der Waals surface area contributed by atoms with Crippen molar-refractivity contribution in [2.75, 3.05) is 5.32 Å². The summed E-state index contributed by atoms with van der Waals surface area (Å²) in [6, 6.07) is 11.8. The third-order valence-corrected chi connectivity index (χ3v) is 2.88. The van der Waals surface area contributed by atoms with Crippen LogP contribution in [0.1, 0.15) is 12.5 Å². The number of ether oxygens (including phenoxy) is 2. The summed E-state index contributed by atoms with van der Waals surface area (Å²) >= 11 is 0. The highest BCUT2D eigenvalue weighted by Gasteiger charge is 2.09. The van der Waals surface area contributed by atoms with E-state index in [2.05, 4.69) is 5.32 Å². The number of amides is 1. The smallest absolute Gasteiger partial charge is 0.429 e. The molecule has 0 saturated carbocycles. The monoisotopic (exact) mass is 330 g/mol. The van der Waals surface area contributed by atoms with Crippen molar-refractivity contribution < 1.29 is 24.0 Å². The first-order chi connectivity index (χ1) is 11.4. The molecule has 8 nitrogen and oxygen atoms in total. The molecular formula is C16H14N2O6. The van der Waals surface area contributed by atoms with Crippen LogP contribution in [-0.2, 0) is 16.1 Å². The molecule has 0 heterocycles. The Bertz CT molecular complexity index is 740. The number of carbonyl (C=O) groups is 2. The SMILES string of the molecule is CC(=O)Nc1ccc(COC(=O)Oc2ccc([N+](=O)[O-])cc2)cc1. The minimum absolute atomic E-state index is 0.00777. The molecule has 124 valence electrons. The van der Waals surface area contributed by atoms with E-state index in [4.69, 9.17) is 9.47 Å². The molecule has 0 aliphatic carbocycles. The lowest BCUT2D eigenvalue weighted by atomic mass is 10.2. The summed E-state index contributed by atoms with van der Waals surface area (Å²) in [5.41, 5.74) is 1.25. The van der Waals surface area contributed by atoms with Crippen molar-refractivity contribution >= 4 is 23.4 Å². The van der Waals surface area contributed by atoms with Gasteiger partial charge in [-0.2, -0.15) is 0 Å². The molecule has 2 aromatic carbocycles. The van der Waals surface area contributed by atoms with Crippen molar-refractivity contribution in [1.82, 2.24) is 0 Å². The molecule has 0 saturated heterocycles. The van der Waals surface area contributed by atoms with Crippen molar-refractivity contribution in [1.29, 1.82) is 0 Å². The Labute approximate surface area is 137 Å². The highest BCUT2D eigenvalue weighted by Crippen LogP contribution is 2.18. The minimum Gasteiger partial charge on any atom is -0.429 e. The lowest BCUT2D eigenvalue weighted by Gasteiger charge is -2.07. The van der Waals surface area contributed by atoms with Crippen molar-refractivity contribution in [2.45, 2.75) is 13.5 Å². The van der Waals surface area contributed by atoms with Crippen LogP contribution in [0.2, 0.25) is 0 Å². The molecule has 0 fully saturated rings. The highest BCUT2D eigenvalue weighted by atomic mass is 16.7. The summed E-state index contributed by atoms with van der Waals surface area (Å²) in [5, 5.41) is 13.1. The van der Waals surface area contributed by atoms with Gasteiger partial charge in [-0.05, 0) is 29.8 Å². The molecule has 2 aromatic rings. The fraction of sp³-hybridized carbons (Fsp3) is 0.125. The van der Waals surface area contributed by atoms with Gasteiger partial charge >= 0.3 is 6.16 Å². The van der Waals surface area contributed by atoms with Crippen molar-refractivity contribution in [2.24, 2.45) is 0 Å². The summed E-state index contributed by atoms with van der Waals surface area (Å²) in [6.45, 7) is 1.40. The van der Waals surface area contributed by atoms with E-state index in [9.17, 15) is 19.7 Å². The van der Waals surface area contributed by atoms with Gasteiger partial charge in [0, 0.05) is 24.7 Å². The van der Waals surface area contributed by atoms with E-state index in [0.29, 0.717) is 11.3 Å². The van der Waals surface area contributed by atoms with Crippen molar-refractivity contribution in [3.63, 3.8) is 0 Å². The summed E-state index contributed by atoms with van der Waals surface area (Å²) in [5.74, 6) is -0.0303. The number of nitro groups is 1. The highest BCUT2D eigenvalue weighted by molar-refractivity contribution is 5.88. The second-order valence-electron chi connectivity index (χ2n) is 4.77. The molecule has 0 aliphatic heterocycles. The molecule has 1 N–H and O–H groups in total. The van der Waals surface area contributed by atoms with Gasteiger partial charge in [0.25, 0.3) is 5.69 Å². The van der Waals surface area contributed by atoms with Gasteiger partial charge in [-0.1, -0.05) is 12.1 Å². The molecule has 0 aliphatic rings. The fourth-order valence-corrected chi connectivity index (χ4v) is 1.79.